The summed E-state index contributed by atoms with van der Waals surface area (Å²) in [6.07, 6.45) is 0. The van der Waals surface area contributed by atoms with Crippen LogP contribution >= 0.6 is 34.7 Å². The Bertz CT molecular complexity index is 636. The molecule has 1 heterocycles. The van der Waals surface area contributed by atoms with Crippen molar-refractivity contribution in [3.8, 4) is 10.6 Å². The molecule has 0 radical (unpaired) electrons. The van der Waals surface area contributed by atoms with E-state index in [0.717, 1.165) is 15.5 Å². The van der Waals surface area contributed by atoms with Crippen LogP contribution in [0.25, 0.3) is 15.4 Å². The van der Waals surface area contributed by atoms with E-state index in [-0.39, 0.29) is 4.75 Å². The summed E-state index contributed by atoms with van der Waals surface area (Å²) in [5, 5.41) is 3.27. The molecule has 2 nitrogen and oxygen atoms in total. The predicted octanol–water partition coefficient (Wildman–Crippen LogP) is 5.90. The van der Waals surface area contributed by atoms with Gasteiger partial charge in [0.1, 0.15) is 0 Å². The van der Waals surface area contributed by atoms with Crippen LogP contribution in [0.1, 0.15) is 20.8 Å². The number of benzene rings is 1. The third-order valence-electron chi connectivity index (χ3n) is 2.22. The van der Waals surface area contributed by atoms with E-state index in [0.29, 0.717) is 10.8 Å². The van der Waals surface area contributed by atoms with Gasteiger partial charge in [-0.1, -0.05) is 45.0 Å². The number of hydrogen-bond acceptors (Lipinski definition) is 3. The van der Waals surface area contributed by atoms with E-state index < -0.39 is 0 Å². The van der Waals surface area contributed by atoms with Gasteiger partial charge in [-0.3, -0.25) is 0 Å². The minimum Gasteiger partial charge on any atom is -0.360 e. The molecular formula is C14H13ClN2S2. The molecule has 2 rings (SSSR count). The molecular weight excluding hydrogens is 296 g/mol. The maximum atomic E-state index is 6.97. The third-order valence-corrected chi connectivity index (χ3v) is 4.77. The molecule has 0 spiro atoms. The zero-order chi connectivity index (χ0) is 14.0. The van der Waals surface area contributed by atoms with Crippen molar-refractivity contribution in [2.45, 2.75) is 30.4 Å². The van der Waals surface area contributed by atoms with Crippen LogP contribution in [0.4, 0.5) is 5.82 Å². The second kappa shape index (κ2) is 5.54. The molecule has 0 saturated heterocycles. The molecule has 98 valence electrons. The van der Waals surface area contributed by atoms with E-state index >= 15 is 0 Å². The molecule has 0 aliphatic carbocycles. The van der Waals surface area contributed by atoms with E-state index in [1.54, 1.807) is 17.1 Å². The van der Waals surface area contributed by atoms with Gasteiger partial charge in [0.25, 0.3) is 5.82 Å². The maximum Gasteiger partial charge on any atom is 0.281 e. The second-order valence-corrected chi connectivity index (χ2v) is 8.06. The number of thiazole rings is 1. The Morgan fingerprint density at radius 2 is 2.11 bits per heavy atom. The zero-order valence-electron chi connectivity index (χ0n) is 10.9. The van der Waals surface area contributed by atoms with Gasteiger partial charge in [0, 0.05) is 15.0 Å². The fourth-order valence-corrected chi connectivity index (χ4v) is 3.68. The van der Waals surface area contributed by atoms with Crippen molar-refractivity contribution >= 4 is 40.5 Å². The van der Waals surface area contributed by atoms with Crippen molar-refractivity contribution in [3.05, 3.63) is 40.0 Å². The molecule has 0 saturated carbocycles. The SMILES string of the molecule is [C-]#[N+]c1csc(-c2cccc(SC(C)(C)C)c2Cl)n1. The predicted molar refractivity (Wildman–Crippen MR) is 84.4 cm³/mol. The number of hydrogen-bond donors (Lipinski definition) is 0. The zero-order valence-corrected chi connectivity index (χ0v) is 13.3. The number of nitrogens with zero attached hydrogens (tertiary/aromatic N) is 2. The highest BCUT2D eigenvalue weighted by Gasteiger charge is 2.19. The maximum absolute atomic E-state index is 6.97. The largest absolute Gasteiger partial charge is 0.360 e. The van der Waals surface area contributed by atoms with Crippen molar-refractivity contribution < 1.29 is 0 Å². The van der Waals surface area contributed by atoms with E-state index in [1.807, 2.05) is 18.2 Å². The van der Waals surface area contributed by atoms with Crippen LogP contribution in [0.5, 0.6) is 0 Å². The van der Waals surface area contributed by atoms with Gasteiger partial charge in [-0.05, 0) is 12.1 Å². The molecule has 0 unspecified atom stereocenters. The van der Waals surface area contributed by atoms with Gasteiger partial charge in [-0.15, -0.1) is 28.1 Å². The fourth-order valence-electron chi connectivity index (χ4n) is 1.52. The standard InChI is InChI=1S/C14H13ClN2S2/c1-14(2,3)19-10-7-5-6-9(12(10)15)13-17-11(16-4)8-18-13/h5-8H,1-3H3. The molecule has 0 bridgehead atoms. The lowest BCUT2D eigenvalue weighted by Crippen LogP contribution is -2.06. The first kappa shape index (κ1) is 14.4. The second-order valence-electron chi connectivity index (χ2n) is 4.95. The van der Waals surface area contributed by atoms with Crippen molar-refractivity contribution in [2.24, 2.45) is 0 Å². The first-order valence-electron chi connectivity index (χ1n) is 5.71. The van der Waals surface area contributed by atoms with Crippen LogP contribution in [0.2, 0.25) is 5.02 Å². The van der Waals surface area contributed by atoms with Gasteiger partial charge in [0.2, 0.25) is 5.01 Å². The summed E-state index contributed by atoms with van der Waals surface area (Å²) >= 11 is 9.65. The summed E-state index contributed by atoms with van der Waals surface area (Å²) in [6, 6.07) is 5.95. The molecule has 0 aliphatic heterocycles. The van der Waals surface area contributed by atoms with Gasteiger partial charge in [0.05, 0.1) is 10.6 Å². The van der Waals surface area contributed by atoms with Crippen LogP contribution in [-0.2, 0) is 0 Å². The summed E-state index contributed by atoms with van der Waals surface area (Å²) in [5.74, 6) is 0.421. The highest BCUT2D eigenvalue weighted by molar-refractivity contribution is 8.00. The Kier molecular flexibility index (Phi) is 4.19. The lowest BCUT2D eigenvalue weighted by molar-refractivity contribution is 0.803. The number of rotatable bonds is 2. The van der Waals surface area contributed by atoms with Crippen LogP contribution in [-0.4, -0.2) is 9.73 Å². The Morgan fingerprint density at radius 1 is 1.37 bits per heavy atom. The van der Waals surface area contributed by atoms with Gasteiger partial charge >= 0.3 is 0 Å². The summed E-state index contributed by atoms with van der Waals surface area (Å²) in [6.45, 7) is 13.4. The first-order valence-corrected chi connectivity index (χ1v) is 7.79. The van der Waals surface area contributed by atoms with Crippen molar-refractivity contribution in [3.63, 3.8) is 0 Å². The minimum atomic E-state index is 0.104. The molecule has 0 N–H and O–H groups in total. The lowest BCUT2D eigenvalue weighted by atomic mass is 10.2. The lowest BCUT2D eigenvalue weighted by Gasteiger charge is -2.18. The number of aromatic nitrogens is 1. The summed E-state index contributed by atoms with van der Waals surface area (Å²) in [7, 11) is 0. The Hall–Kier alpha value is -1.02. The van der Waals surface area contributed by atoms with Crippen LogP contribution < -0.4 is 0 Å². The average Bonchev–Trinajstić information content (AvgIpc) is 2.78. The van der Waals surface area contributed by atoms with Crippen LogP contribution in [0.3, 0.4) is 0 Å². The highest BCUT2D eigenvalue weighted by Crippen LogP contribution is 2.41. The van der Waals surface area contributed by atoms with Gasteiger partial charge < -0.3 is 4.85 Å². The Morgan fingerprint density at radius 3 is 2.68 bits per heavy atom. The van der Waals surface area contributed by atoms with E-state index in [1.165, 1.54) is 11.3 Å². The molecule has 2 aromatic rings. The molecule has 0 aliphatic rings. The molecule has 19 heavy (non-hydrogen) atoms. The monoisotopic (exact) mass is 308 g/mol. The Balaban J connectivity index is 2.43. The van der Waals surface area contributed by atoms with Crippen molar-refractivity contribution in [1.82, 2.24) is 4.98 Å². The topological polar surface area (TPSA) is 17.2 Å². The van der Waals surface area contributed by atoms with Gasteiger partial charge in [0.15, 0.2) is 0 Å². The normalized spacial score (nSPS) is 11.3. The summed E-state index contributed by atoms with van der Waals surface area (Å²) < 4.78 is 0.104. The van der Waals surface area contributed by atoms with Crippen LogP contribution in [0, 0.1) is 6.57 Å². The molecule has 0 fully saturated rings. The third kappa shape index (κ3) is 3.50. The van der Waals surface area contributed by atoms with E-state index in [2.05, 4.69) is 30.6 Å². The summed E-state index contributed by atoms with van der Waals surface area (Å²) in [5.41, 5.74) is 0.899. The average molecular weight is 309 g/mol. The van der Waals surface area contributed by atoms with Crippen molar-refractivity contribution in [2.75, 3.05) is 0 Å². The molecule has 1 aromatic heterocycles. The minimum absolute atomic E-state index is 0.104. The van der Waals surface area contributed by atoms with Crippen LogP contribution in [0.15, 0.2) is 28.5 Å². The quantitative estimate of drug-likeness (QED) is 0.507. The summed E-state index contributed by atoms with van der Waals surface area (Å²) in [4.78, 5) is 8.64. The smallest absolute Gasteiger partial charge is 0.281 e. The molecule has 0 atom stereocenters. The fraction of sp³-hybridized carbons (Fsp3) is 0.286. The van der Waals surface area contributed by atoms with E-state index in [4.69, 9.17) is 18.2 Å². The molecule has 1 aromatic carbocycles. The molecule has 5 heteroatoms. The Labute approximate surface area is 126 Å². The van der Waals surface area contributed by atoms with E-state index in [9.17, 15) is 0 Å². The number of thioether (sulfide) groups is 1. The van der Waals surface area contributed by atoms with Gasteiger partial charge in [-0.2, -0.15) is 0 Å². The first-order chi connectivity index (χ1) is 8.90. The highest BCUT2D eigenvalue weighted by atomic mass is 35.5. The van der Waals surface area contributed by atoms with Gasteiger partial charge in [-0.25, -0.2) is 0 Å². The number of halogens is 1. The van der Waals surface area contributed by atoms with Crippen molar-refractivity contribution in [1.29, 1.82) is 0 Å². The molecule has 0 amide bonds.